The summed E-state index contributed by atoms with van der Waals surface area (Å²) in [6.07, 6.45) is 1.10. The maximum atomic E-state index is 12.9. The lowest BCUT2D eigenvalue weighted by Crippen LogP contribution is -2.20. The number of nitrogens with zero attached hydrogens (tertiary/aromatic N) is 2. The van der Waals surface area contributed by atoms with Crippen LogP contribution in [0, 0.1) is 0 Å². The summed E-state index contributed by atoms with van der Waals surface area (Å²) in [6, 6.07) is 15.2. The average molecular weight is 486 g/mol. The Morgan fingerprint density at radius 3 is 2.65 bits per heavy atom. The molecule has 0 aliphatic heterocycles. The average Bonchev–Trinajstić information content (AvgIpc) is 3.39. The molecule has 0 atom stereocenters. The molecule has 34 heavy (non-hydrogen) atoms. The fourth-order valence-electron chi connectivity index (χ4n) is 3.86. The molecule has 10 heteroatoms. The van der Waals surface area contributed by atoms with Crippen molar-refractivity contribution in [2.24, 2.45) is 0 Å². The number of halogens is 4. The van der Waals surface area contributed by atoms with Crippen LogP contribution in [0.1, 0.15) is 11.1 Å². The molecule has 5 aromatic rings. The van der Waals surface area contributed by atoms with E-state index in [-0.39, 0.29) is 18.1 Å². The molecule has 0 unspecified atom stereocenters. The highest BCUT2D eigenvalue weighted by Gasteiger charge is 2.30. The summed E-state index contributed by atoms with van der Waals surface area (Å²) >= 11 is 0. The second kappa shape index (κ2) is 9.11. The minimum absolute atomic E-state index is 0. The van der Waals surface area contributed by atoms with Gasteiger partial charge in [0.2, 0.25) is 0 Å². The van der Waals surface area contributed by atoms with Crippen molar-refractivity contribution in [1.29, 1.82) is 0 Å². The summed E-state index contributed by atoms with van der Waals surface area (Å²) in [4.78, 5) is 19.9. The van der Waals surface area contributed by atoms with Gasteiger partial charge < -0.3 is 20.2 Å². The van der Waals surface area contributed by atoms with E-state index in [9.17, 15) is 18.0 Å². The first-order valence-electron chi connectivity index (χ1n) is 10.1. The van der Waals surface area contributed by atoms with E-state index in [4.69, 9.17) is 0 Å². The summed E-state index contributed by atoms with van der Waals surface area (Å²) in [5, 5.41) is 7.05. The highest BCUT2D eigenvalue weighted by Crippen LogP contribution is 2.31. The van der Waals surface area contributed by atoms with Gasteiger partial charge in [0, 0.05) is 41.6 Å². The maximum absolute atomic E-state index is 12.9. The van der Waals surface area contributed by atoms with Gasteiger partial charge in [-0.05, 0) is 54.1 Å². The van der Waals surface area contributed by atoms with Crippen molar-refractivity contribution in [3.05, 3.63) is 90.4 Å². The number of carbonyl (C=O) groups excluding carboxylic acids is 1. The summed E-state index contributed by atoms with van der Waals surface area (Å²) < 4.78 is 40.8. The van der Waals surface area contributed by atoms with Crippen molar-refractivity contribution < 1.29 is 18.0 Å². The molecule has 0 spiro atoms. The van der Waals surface area contributed by atoms with Gasteiger partial charge in [0.1, 0.15) is 5.65 Å². The largest absolute Gasteiger partial charge is 0.416 e. The van der Waals surface area contributed by atoms with Crippen LogP contribution in [-0.2, 0) is 12.7 Å². The van der Waals surface area contributed by atoms with Crippen LogP contribution < -0.4 is 10.6 Å². The van der Waals surface area contributed by atoms with Crippen LogP contribution in [0.25, 0.3) is 21.9 Å². The molecule has 174 valence electrons. The van der Waals surface area contributed by atoms with Crippen LogP contribution in [0.4, 0.5) is 29.3 Å². The Labute approximate surface area is 198 Å². The van der Waals surface area contributed by atoms with Crippen molar-refractivity contribution in [1.82, 2.24) is 14.5 Å². The molecule has 2 amide bonds. The number of nitrogens with one attached hydrogen (secondary N) is 3. The lowest BCUT2D eigenvalue weighted by atomic mass is 10.2. The number of hydrogen-bond acceptors (Lipinski definition) is 2. The highest BCUT2D eigenvalue weighted by molar-refractivity contribution is 6.05. The number of rotatable bonds is 4. The van der Waals surface area contributed by atoms with Crippen molar-refractivity contribution >= 4 is 51.7 Å². The topological polar surface area (TPSA) is 74.7 Å². The standard InChI is InChI=1S/C24H18F3N5O.ClH/c25-24(26,27)16-4-1-5-17(12-16)30-23(33)31-20-7-2-8-21-19(20)9-11-32(21)14-15-13-29-22-18(15)6-3-10-28-22;/h1-13H,14H2,(H,28,29)(H2,30,31,33);1H. The molecular formula is C24H19ClF3N5O. The number of H-pyrrole nitrogens is 1. The molecule has 0 bridgehead atoms. The van der Waals surface area contributed by atoms with Crippen LogP contribution >= 0.6 is 12.4 Å². The molecule has 3 aromatic heterocycles. The van der Waals surface area contributed by atoms with E-state index in [1.807, 2.05) is 42.7 Å². The quantitative estimate of drug-likeness (QED) is 0.266. The lowest BCUT2D eigenvalue weighted by Gasteiger charge is -2.12. The van der Waals surface area contributed by atoms with Crippen molar-refractivity contribution in [3.63, 3.8) is 0 Å². The molecule has 0 aliphatic carbocycles. The summed E-state index contributed by atoms with van der Waals surface area (Å²) in [5.74, 6) is 0. The Kier molecular flexibility index (Phi) is 6.21. The molecule has 3 heterocycles. The Balaban J connectivity index is 0.00000274. The van der Waals surface area contributed by atoms with Gasteiger partial charge in [-0.2, -0.15) is 13.2 Å². The zero-order valence-electron chi connectivity index (χ0n) is 17.6. The molecular weight excluding hydrogens is 467 g/mol. The fraction of sp³-hybridized carbons (Fsp3) is 0.0833. The number of anilines is 2. The zero-order valence-corrected chi connectivity index (χ0v) is 18.4. The van der Waals surface area contributed by atoms with E-state index < -0.39 is 17.8 Å². The third-order valence-corrected chi connectivity index (χ3v) is 5.39. The van der Waals surface area contributed by atoms with Crippen LogP contribution in [0.5, 0.6) is 0 Å². The van der Waals surface area contributed by atoms with Crippen molar-refractivity contribution in [2.45, 2.75) is 12.7 Å². The molecule has 3 N–H and O–H groups in total. The second-order valence-corrected chi connectivity index (χ2v) is 7.55. The zero-order chi connectivity index (χ0) is 23.0. The van der Waals surface area contributed by atoms with Gasteiger partial charge >= 0.3 is 12.2 Å². The number of pyridine rings is 1. The van der Waals surface area contributed by atoms with E-state index in [1.54, 1.807) is 12.3 Å². The third-order valence-electron chi connectivity index (χ3n) is 5.39. The first kappa shape index (κ1) is 23.2. The molecule has 0 radical (unpaired) electrons. The third kappa shape index (κ3) is 4.55. The van der Waals surface area contributed by atoms with Gasteiger partial charge in [0.25, 0.3) is 0 Å². The Morgan fingerprint density at radius 2 is 1.82 bits per heavy atom. The van der Waals surface area contributed by atoms with E-state index in [0.29, 0.717) is 12.2 Å². The second-order valence-electron chi connectivity index (χ2n) is 7.55. The Morgan fingerprint density at radius 1 is 1.00 bits per heavy atom. The van der Waals surface area contributed by atoms with Gasteiger partial charge in [-0.15, -0.1) is 12.4 Å². The summed E-state index contributed by atoms with van der Waals surface area (Å²) in [7, 11) is 0. The van der Waals surface area contributed by atoms with Crippen LogP contribution in [0.3, 0.4) is 0 Å². The number of urea groups is 1. The number of hydrogen-bond donors (Lipinski definition) is 3. The number of carbonyl (C=O) groups is 1. The predicted octanol–water partition coefficient (Wildman–Crippen LogP) is 6.65. The number of aromatic nitrogens is 3. The summed E-state index contributed by atoms with van der Waals surface area (Å²) in [6.45, 7) is 0.606. The number of fused-ring (bicyclic) bond motifs is 2. The fourth-order valence-corrected chi connectivity index (χ4v) is 3.86. The predicted molar refractivity (Wildman–Crippen MR) is 128 cm³/mol. The van der Waals surface area contributed by atoms with Crippen LogP contribution in [0.2, 0.25) is 0 Å². The molecule has 5 rings (SSSR count). The minimum Gasteiger partial charge on any atom is -0.346 e. The van der Waals surface area contributed by atoms with Gasteiger partial charge in [0.05, 0.1) is 16.8 Å². The maximum Gasteiger partial charge on any atom is 0.416 e. The van der Waals surface area contributed by atoms with Crippen molar-refractivity contribution in [3.8, 4) is 0 Å². The van der Waals surface area contributed by atoms with Gasteiger partial charge in [-0.25, -0.2) is 9.78 Å². The van der Waals surface area contributed by atoms with E-state index in [1.165, 1.54) is 12.1 Å². The Bertz CT molecular complexity index is 1470. The number of amides is 2. The van der Waals surface area contributed by atoms with E-state index in [0.717, 1.165) is 39.6 Å². The summed E-state index contributed by atoms with van der Waals surface area (Å²) in [5.41, 5.74) is 2.59. The number of alkyl halides is 3. The normalized spacial score (nSPS) is 11.4. The van der Waals surface area contributed by atoms with Gasteiger partial charge in [-0.3, -0.25) is 0 Å². The van der Waals surface area contributed by atoms with E-state index >= 15 is 0 Å². The first-order valence-corrected chi connectivity index (χ1v) is 10.1. The van der Waals surface area contributed by atoms with Crippen LogP contribution in [0.15, 0.2) is 79.3 Å². The number of benzene rings is 2. The molecule has 0 saturated carbocycles. The van der Waals surface area contributed by atoms with Crippen LogP contribution in [-0.4, -0.2) is 20.6 Å². The Hall–Kier alpha value is -3.98. The SMILES string of the molecule is Cl.O=C(Nc1cccc(C(F)(F)F)c1)Nc1cccc2c1ccn2Cc1c[nH]c2ncccc12. The highest BCUT2D eigenvalue weighted by atomic mass is 35.5. The first-order chi connectivity index (χ1) is 15.9. The molecule has 0 fully saturated rings. The molecule has 6 nitrogen and oxygen atoms in total. The molecule has 0 saturated heterocycles. The van der Waals surface area contributed by atoms with Crippen molar-refractivity contribution in [2.75, 3.05) is 10.6 Å². The molecule has 0 aliphatic rings. The lowest BCUT2D eigenvalue weighted by molar-refractivity contribution is -0.137. The monoisotopic (exact) mass is 485 g/mol. The van der Waals surface area contributed by atoms with Gasteiger partial charge in [0.15, 0.2) is 0 Å². The number of aromatic amines is 1. The van der Waals surface area contributed by atoms with E-state index in [2.05, 4.69) is 25.2 Å². The molecule has 2 aromatic carbocycles. The van der Waals surface area contributed by atoms with Gasteiger partial charge in [-0.1, -0.05) is 12.1 Å². The minimum atomic E-state index is -4.48. The smallest absolute Gasteiger partial charge is 0.346 e.